The quantitative estimate of drug-likeness (QED) is 0.621. The van der Waals surface area contributed by atoms with Crippen LogP contribution in [0.25, 0.3) is 0 Å². The first-order chi connectivity index (χ1) is 7.31. The lowest BCUT2D eigenvalue weighted by atomic mass is 9.99. The molecule has 1 aromatic carbocycles. The fourth-order valence-electron chi connectivity index (χ4n) is 1.72. The van der Waals surface area contributed by atoms with Crippen LogP contribution in [0, 0.1) is 13.8 Å². The predicted molar refractivity (Wildman–Crippen MR) is 56.7 cm³/mol. The zero-order valence-corrected chi connectivity index (χ0v) is 9.23. The lowest BCUT2D eigenvalue weighted by Gasteiger charge is -2.19. The molecule has 0 aliphatic heterocycles. The number of aryl methyl sites for hydroxylation is 2. The summed E-state index contributed by atoms with van der Waals surface area (Å²) in [5.74, 6) is 5.16. The van der Waals surface area contributed by atoms with Gasteiger partial charge in [-0.05, 0) is 19.4 Å². The summed E-state index contributed by atoms with van der Waals surface area (Å²) in [4.78, 5) is 0. The SMILES string of the molecule is Cc1cc(C)cc(C(CC(F)(F)F)NN)c1. The van der Waals surface area contributed by atoms with Crippen molar-refractivity contribution in [1.82, 2.24) is 5.43 Å². The van der Waals surface area contributed by atoms with Gasteiger partial charge in [0.1, 0.15) is 0 Å². The third-order valence-corrected chi connectivity index (χ3v) is 2.28. The summed E-state index contributed by atoms with van der Waals surface area (Å²) in [7, 11) is 0. The van der Waals surface area contributed by atoms with Crippen molar-refractivity contribution in [2.45, 2.75) is 32.5 Å². The van der Waals surface area contributed by atoms with Gasteiger partial charge in [0.05, 0.1) is 12.5 Å². The molecule has 0 saturated carbocycles. The maximum atomic E-state index is 12.3. The molecule has 0 amide bonds. The van der Waals surface area contributed by atoms with Crippen LogP contribution < -0.4 is 11.3 Å². The van der Waals surface area contributed by atoms with Crippen molar-refractivity contribution >= 4 is 0 Å². The van der Waals surface area contributed by atoms with Crippen molar-refractivity contribution in [3.8, 4) is 0 Å². The fraction of sp³-hybridized carbons (Fsp3) is 0.455. The van der Waals surface area contributed by atoms with Crippen LogP contribution in [0.3, 0.4) is 0 Å². The largest absolute Gasteiger partial charge is 0.390 e. The Hall–Kier alpha value is -1.07. The van der Waals surface area contributed by atoms with E-state index in [0.717, 1.165) is 11.1 Å². The first-order valence-corrected chi connectivity index (χ1v) is 4.93. The van der Waals surface area contributed by atoms with E-state index in [4.69, 9.17) is 5.84 Å². The molecule has 0 aliphatic rings. The van der Waals surface area contributed by atoms with Crippen molar-refractivity contribution < 1.29 is 13.2 Å². The Labute approximate surface area is 92.6 Å². The zero-order chi connectivity index (χ0) is 12.3. The number of hydrogen-bond acceptors (Lipinski definition) is 2. The van der Waals surface area contributed by atoms with Crippen molar-refractivity contribution in [3.05, 3.63) is 34.9 Å². The minimum Gasteiger partial charge on any atom is -0.271 e. The number of nitrogens with two attached hydrogens (primary N) is 1. The van der Waals surface area contributed by atoms with Crippen molar-refractivity contribution in [3.63, 3.8) is 0 Å². The van der Waals surface area contributed by atoms with Gasteiger partial charge in [-0.25, -0.2) is 0 Å². The number of alkyl halides is 3. The van der Waals surface area contributed by atoms with Gasteiger partial charge in [-0.3, -0.25) is 11.3 Å². The highest BCUT2D eigenvalue weighted by molar-refractivity contribution is 5.30. The van der Waals surface area contributed by atoms with Crippen LogP contribution in [0.4, 0.5) is 13.2 Å². The lowest BCUT2D eigenvalue weighted by molar-refractivity contribution is -0.140. The molecule has 0 fully saturated rings. The second-order valence-corrected chi connectivity index (χ2v) is 3.96. The van der Waals surface area contributed by atoms with Crippen molar-refractivity contribution in [2.75, 3.05) is 0 Å². The van der Waals surface area contributed by atoms with Crippen LogP contribution >= 0.6 is 0 Å². The first-order valence-electron chi connectivity index (χ1n) is 4.93. The van der Waals surface area contributed by atoms with Gasteiger partial charge in [0.25, 0.3) is 0 Å². The molecule has 1 unspecified atom stereocenters. The molecule has 0 heterocycles. The average molecular weight is 232 g/mol. The van der Waals surface area contributed by atoms with Crippen LogP contribution in [0.1, 0.15) is 29.2 Å². The Morgan fingerprint density at radius 2 is 1.69 bits per heavy atom. The van der Waals surface area contributed by atoms with Gasteiger partial charge in [-0.1, -0.05) is 29.3 Å². The molecule has 3 N–H and O–H groups in total. The highest BCUT2D eigenvalue weighted by atomic mass is 19.4. The summed E-state index contributed by atoms with van der Waals surface area (Å²) in [5.41, 5.74) is 4.63. The van der Waals surface area contributed by atoms with E-state index in [0.29, 0.717) is 5.56 Å². The topological polar surface area (TPSA) is 38.0 Å². The molecule has 1 rings (SSSR count). The Kier molecular flexibility index (Phi) is 3.93. The number of rotatable bonds is 3. The second-order valence-electron chi connectivity index (χ2n) is 3.96. The molecule has 0 saturated heterocycles. The maximum Gasteiger partial charge on any atom is 0.390 e. The van der Waals surface area contributed by atoms with Crippen molar-refractivity contribution in [1.29, 1.82) is 0 Å². The molecule has 0 bridgehead atoms. The molecule has 5 heteroatoms. The number of hydrazine groups is 1. The van der Waals surface area contributed by atoms with Gasteiger partial charge in [-0.15, -0.1) is 0 Å². The summed E-state index contributed by atoms with van der Waals surface area (Å²) >= 11 is 0. The van der Waals surface area contributed by atoms with E-state index in [1.807, 2.05) is 19.9 Å². The van der Waals surface area contributed by atoms with Crippen LogP contribution in [0.15, 0.2) is 18.2 Å². The summed E-state index contributed by atoms with van der Waals surface area (Å²) in [5, 5.41) is 0. The Morgan fingerprint density at radius 3 is 2.06 bits per heavy atom. The average Bonchev–Trinajstić information content (AvgIpc) is 2.11. The predicted octanol–water partition coefficient (Wildman–Crippen LogP) is 2.76. The molecule has 0 radical (unpaired) electrons. The number of nitrogens with one attached hydrogen (secondary N) is 1. The van der Waals surface area contributed by atoms with Crippen LogP contribution in [-0.4, -0.2) is 6.18 Å². The monoisotopic (exact) mass is 232 g/mol. The smallest absolute Gasteiger partial charge is 0.271 e. The van der Waals surface area contributed by atoms with Crippen LogP contribution in [0.2, 0.25) is 0 Å². The highest BCUT2D eigenvalue weighted by Gasteiger charge is 2.32. The second kappa shape index (κ2) is 4.84. The van der Waals surface area contributed by atoms with Crippen LogP contribution in [-0.2, 0) is 0 Å². The van der Waals surface area contributed by atoms with E-state index in [1.165, 1.54) is 0 Å². The Balaban J connectivity index is 2.95. The number of halogens is 3. The molecule has 1 atom stereocenters. The molecule has 1 aromatic rings. The molecule has 90 valence electrons. The highest BCUT2D eigenvalue weighted by Crippen LogP contribution is 2.29. The number of benzene rings is 1. The lowest BCUT2D eigenvalue weighted by Crippen LogP contribution is -2.31. The molecule has 0 spiro atoms. The molecule has 0 aliphatic carbocycles. The Bertz CT molecular complexity index is 340. The zero-order valence-electron chi connectivity index (χ0n) is 9.23. The fourth-order valence-corrected chi connectivity index (χ4v) is 1.72. The van der Waals surface area contributed by atoms with Gasteiger partial charge in [-0.2, -0.15) is 13.2 Å². The third-order valence-electron chi connectivity index (χ3n) is 2.28. The van der Waals surface area contributed by atoms with Gasteiger partial charge in [0, 0.05) is 0 Å². The van der Waals surface area contributed by atoms with Gasteiger partial charge < -0.3 is 0 Å². The van der Waals surface area contributed by atoms with E-state index in [1.54, 1.807) is 12.1 Å². The molecular formula is C11H15F3N2. The summed E-state index contributed by atoms with van der Waals surface area (Å²) in [6, 6.07) is 4.44. The standard InChI is InChI=1S/C11H15F3N2/c1-7-3-8(2)5-9(4-7)10(16-15)6-11(12,13)14/h3-5,10,16H,6,15H2,1-2H3. The summed E-state index contributed by atoms with van der Waals surface area (Å²) < 4.78 is 36.9. The Morgan fingerprint density at radius 1 is 1.19 bits per heavy atom. The first kappa shape index (κ1) is 13.0. The normalized spacial score (nSPS) is 13.9. The van der Waals surface area contributed by atoms with E-state index in [-0.39, 0.29) is 0 Å². The van der Waals surface area contributed by atoms with Crippen molar-refractivity contribution in [2.24, 2.45) is 5.84 Å². The van der Waals surface area contributed by atoms with E-state index in [9.17, 15) is 13.2 Å². The maximum absolute atomic E-state index is 12.3. The van der Waals surface area contributed by atoms with Crippen LogP contribution in [0.5, 0.6) is 0 Å². The number of hydrogen-bond donors (Lipinski definition) is 2. The third kappa shape index (κ3) is 3.83. The molecule has 2 nitrogen and oxygen atoms in total. The minimum atomic E-state index is -4.23. The summed E-state index contributed by atoms with van der Waals surface area (Å²) in [6.45, 7) is 3.69. The van der Waals surface area contributed by atoms with Gasteiger partial charge in [0.15, 0.2) is 0 Å². The van der Waals surface area contributed by atoms with E-state index >= 15 is 0 Å². The minimum absolute atomic E-state index is 0.567. The molecular weight excluding hydrogens is 217 g/mol. The molecule has 16 heavy (non-hydrogen) atoms. The molecule has 0 aromatic heterocycles. The van der Waals surface area contributed by atoms with E-state index in [2.05, 4.69) is 5.43 Å². The van der Waals surface area contributed by atoms with E-state index < -0.39 is 18.6 Å². The van der Waals surface area contributed by atoms with Gasteiger partial charge >= 0.3 is 6.18 Å². The van der Waals surface area contributed by atoms with Gasteiger partial charge in [0.2, 0.25) is 0 Å². The summed E-state index contributed by atoms with van der Waals surface area (Å²) in [6.07, 6.45) is -5.19.